The number of benzene rings is 1. The van der Waals surface area contributed by atoms with Crippen molar-refractivity contribution in [3.8, 4) is 11.5 Å². The monoisotopic (exact) mass is 289 g/mol. The summed E-state index contributed by atoms with van der Waals surface area (Å²) >= 11 is 0. The number of rotatable bonds is 4. The molecule has 1 N–H and O–H groups in total. The number of hydrogen-bond acceptors (Lipinski definition) is 6. The Hall–Kier alpha value is -2.63. The van der Waals surface area contributed by atoms with Crippen molar-refractivity contribution in [2.75, 3.05) is 14.2 Å². The van der Waals surface area contributed by atoms with Crippen molar-refractivity contribution >= 4 is 17.3 Å². The lowest BCUT2D eigenvalue weighted by Gasteiger charge is -2.20. The minimum atomic E-state index is -0.352. The van der Waals surface area contributed by atoms with Crippen molar-refractivity contribution in [1.29, 1.82) is 0 Å². The van der Waals surface area contributed by atoms with Gasteiger partial charge in [-0.25, -0.2) is 0 Å². The first kappa shape index (κ1) is 14.8. The molecule has 21 heavy (non-hydrogen) atoms. The van der Waals surface area contributed by atoms with Crippen LogP contribution in [-0.4, -0.2) is 36.7 Å². The molecule has 0 radical (unpaired) electrons. The molecule has 0 atom stereocenters. The Morgan fingerprint density at radius 1 is 1.14 bits per heavy atom. The molecular formula is C15H15NO5. The third-order valence-electron chi connectivity index (χ3n) is 3.31. The summed E-state index contributed by atoms with van der Waals surface area (Å²) in [4.78, 5) is 24.2. The van der Waals surface area contributed by atoms with Gasteiger partial charge in [0.05, 0.1) is 31.1 Å². The summed E-state index contributed by atoms with van der Waals surface area (Å²) in [5.74, 6) is -0.221. The van der Waals surface area contributed by atoms with Crippen molar-refractivity contribution < 1.29 is 24.3 Å². The zero-order valence-corrected chi connectivity index (χ0v) is 12.0. The fraction of sp³-hybridized carbons (Fsp3) is 0.267. The summed E-state index contributed by atoms with van der Waals surface area (Å²) in [5.41, 5.74) is 1.06. The Bertz CT molecular complexity index is 673. The lowest BCUT2D eigenvalue weighted by Crippen LogP contribution is -2.17. The zero-order valence-electron chi connectivity index (χ0n) is 12.0. The van der Waals surface area contributed by atoms with E-state index in [0.717, 1.165) is 0 Å². The van der Waals surface area contributed by atoms with Gasteiger partial charge >= 0.3 is 0 Å². The Kier molecular flexibility index (Phi) is 4.07. The smallest absolute Gasteiger partial charge is 0.190 e. The molecule has 1 aliphatic rings. The van der Waals surface area contributed by atoms with Crippen LogP contribution in [0.25, 0.3) is 0 Å². The van der Waals surface area contributed by atoms with E-state index in [1.54, 1.807) is 13.0 Å². The molecule has 0 fully saturated rings. The molecule has 0 saturated heterocycles. The van der Waals surface area contributed by atoms with Crippen LogP contribution in [0.2, 0.25) is 0 Å². The maximum Gasteiger partial charge on any atom is 0.190 e. The third kappa shape index (κ3) is 2.29. The number of allylic oxidation sites excluding steroid dienone is 2. The summed E-state index contributed by atoms with van der Waals surface area (Å²) in [6, 6.07) is 1.54. The minimum Gasteiger partial charge on any atom is -0.496 e. The van der Waals surface area contributed by atoms with Gasteiger partial charge in [0, 0.05) is 5.56 Å². The Morgan fingerprint density at radius 2 is 1.76 bits per heavy atom. The van der Waals surface area contributed by atoms with Crippen molar-refractivity contribution in [3.63, 3.8) is 0 Å². The van der Waals surface area contributed by atoms with Crippen molar-refractivity contribution in [2.24, 2.45) is 5.16 Å². The first-order chi connectivity index (χ1) is 10.1. The molecule has 0 bridgehead atoms. The number of carbonyl (C=O) groups is 2. The van der Waals surface area contributed by atoms with Gasteiger partial charge in [-0.3, -0.25) is 9.59 Å². The molecule has 1 aromatic carbocycles. The molecule has 6 nitrogen and oxygen atoms in total. The van der Waals surface area contributed by atoms with E-state index in [1.807, 2.05) is 0 Å². The van der Waals surface area contributed by atoms with Crippen molar-refractivity contribution in [2.45, 2.75) is 13.3 Å². The topological polar surface area (TPSA) is 85.2 Å². The highest BCUT2D eigenvalue weighted by Gasteiger charge is 2.30. The third-order valence-corrected chi connectivity index (χ3v) is 3.31. The predicted octanol–water partition coefficient (Wildman–Crippen LogP) is 2.23. The van der Waals surface area contributed by atoms with Gasteiger partial charge in [0.1, 0.15) is 11.5 Å². The van der Waals surface area contributed by atoms with Gasteiger partial charge in [0.25, 0.3) is 0 Å². The van der Waals surface area contributed by atoms with Gasteiger partial charge in [-0.15, -0.1) is 0 Å². The number of fused-ring (bicyclic) bond motifs is 1. The van der Waals surface area contributed by atoms with E-state index in [4.69, 9.17) is 14.7 Å². The van der Waals surface area contributed by atoms with Gasteiger partial charge in [0.15, 0.2) is 11.6 Å². The molecule has 6 heteroatoms. The minimum absolute atomic E-state index is 0.133. The molecular weight excluding hydrogens is 274 g/mol. The molecule has 0 aromatic heterocycles. The summed E-state index contributed by atoms with van der Waals surface area (Å²) < 4.78 is 10.5. The van der Waals surface area contributed by atoms with Gasteiger partial charge in [-0.1, -0.05) is 12.1 Å². The molecule has 0 amide bonds. The normalized spacial score (nSPS) is 14.1. The lowest BCUT2D eigenvalue weighted by molar-refractivity contribution is 0.0989. The van der Waals surface area contributed by atoms with Crippen LogP contribution in [-0.2, 0) is 0 Å². The number of ketones is 2. The second-order valence-corrected chi connectivity index (χ2v) is 4.37. The van der Waals surface area contributed by atoms with Crippen LogP contribution in [0.5, 0.6) is 11.5 Å². The van der Waals surface area contributed by atoms with Crippen molar-refractivity contribution in [3.05, 3.63) is 34.9 Å². The molecule has 1 aromatic rings. The fourth-order valence-corrected chi connectivity index (χ4v) is 2.34. The highest BCUT2D eigenvalue weighted by molar-refractivity contribution is 6.25. The average Bonchev–Trinajstić information content (AvgIpc) is 2.51. The number of ether oxygens (including phenoxy) is 2. The van der Waals surface area contributed by atoms with Gasteiger partial charge in [-0.05, 0) is 24.6 Å². The Labute approximate surface area is 121 Å². The highest BCUT2D eigenvalue weighted by Crippen LogP contribution is 2.38. The molecule has 0 aliphatic heterocycles. The van der Waals surface area contributed by atoms with Crippen LogP contribution in [0.1, 0.15) is 39.6 Å². The molecule has 0 saturated carbocycles. The summed E-state index contributed by atoms with van der Waals surface area (Å²) in [5, 5.41) is 12.3. The standard InChI is InChI=1S/C15H15NO5/c1-4-9(16-19)8-7-12(20-2)13-10(17)5-6-11(18)14(13)15(8)21-3/h5-7,19H,4H2,1-3H3/b16-9-. The fourth-order valence-electron chi connectivity index (χ4n) is 2.34. The van der Waals surface area contributed by atoms with E-state index in [0.29, 0.717) is 17.7 Å². The van der Waals surface area contributed by atoms with Gasteiger partial charge in [0.2, 0.25) is 0 Å². The number of nitrogens with zero attached hydrogens (tertiary/aromatic N) is 1. The molecule has 0 spiro atoms. The zero-order chi connectivity index (χ0) is 15.6. The molecule has 0 heterocycles. The molecule has 0 unspecified atom stereocenters. The SMILES string of the molecule is CC/C(=N/O)c1cc(OC)c2c(c1OC)C(=O)C=CC2=O. The second kappa shape index (κ2) is 5.78. The summed E-state index contributed by atoms with van der Waals surface area (Å²) in [6.07, 6.45) is 2.82. The van der Waals surface area contributed by atoms with Crippen LogP contribution in [0.4, 0.5) is 0 Å². The molecule has 2 rings (SSSR count). The maximum atomic E-state index is 12.2. The van der Waals surface area contributed by atoms with E-state index in [9.17, 15) is 9.59 Å². The largest absolute Gasteiger partial charge is 0.496 e. The van der Waals surface area contributed by atoms with E-state index < -0.39 is 0 Å². The second-order valence-electron chi connectivity index (χ2n) is 4.37. The summed E-state index contributed by atoms with van der Waals surface area (Å²) in [7, 11) is 2.80. The quantitative estimate of drug-likeness (QED) is 0.522. The first-order valence-corrected chi connectivity index (χ1v) is 6.36. The van der Waals surface area contributed by atoms with Crippen LogP contribution in [0, 0.1) is 0 Å². The highest BCUT2D eigenvalue weighted by atomic mass is 16.5. The number of hydrogen-bond donors (Lipinski definition) is 1. The first-order valence-electron chi connectivity index (χ1n) is 6.36. The summed E-state index contributed by atoms with van der Waals surface area (Å²) in [6.45, 7) is 1.80. The van der Waals surface area contributed by atoms with E-state index in [2.05, 4.69) is 5.16 Å². The van der Waals surface area contributed by atoms with Crippen LogP contribution >= 0.6 is 0 Å². The predicted molar refractivity (Wildman–Crippen MR) is 76.0 cm³/mol. The van der Waals surface area contributed by atoms with E-state index >= 15 is 0 Å². The lowest BCUT2D eigenvalue weighted by atomic mass is 9.89. The maximum absolute atomic E-state index is 12.2. The van der Waals surface area contributed by atoms with Crippen LogP contribution in [0.15, 0.2) is 23.4 Å². The van der Waals surface area contributed by atoms with E-state index in [1.165, 1.54) is 26.4 Å². The number of methoxy groups -OCH3 is 2. The Morgan fingerprint density at radius 3 is 2.24 bits per heavy atom. The Balaban J connectivity index is 2.87. The molecule has 110 valence electrons. The average molecular weight is 289 g/mol. The number of oxime groups is 1. The van der Waals surface area contributed by atoms with Gasteiger partial charge in [-0.2, -0.15) is 0 Å². The van der Waals surface area contributed by atoms with E-state index in [-0.39, 0.29) is 34.2 Å². The molecule has 1 aliphatic carbocycles. The van der Waals surface area contributed by atoms with Crippen LogP contribution in [0.3, 0.4) is 0 Å². The van der Waals surface area contributed by atoms with Crippen molar-refractivity contribution in [1.82, 2.24) is 0 Å². The number of carbonyl (C=O) groups excluding carboxylic acids is 2. The van der Waals surface area contributed by atoms with Crippen LogP contribution < -0.4 is 9.47 Å². The van der Waals surface area contributed by atoms with Gasteiger partial charge < -0.3 is 14.7 Å².